The summed E-state index contributed by atoms with van der Waals surface area (Å²) in [5.74, 6) is 1.10. The highest BCUT2D eigenvalue weighted by molar-refractivity contribution is 5.37. The van der Waals surface area contributed by atoms with E-state index in [1.807, 2.05) is 6.20 Å². The van der Waals surface area contributed by atoms with Crippen LogP contribution in [0, 0.1) is 13.8 Å². The van der Waals surface area contributed by atoms with Crippen molar-refractivity contribution in [1.29, 1.82) is 0 Å². The Kier molecular flexibility index (Phi) is 3.85. The van der Waals surface area contributed by atoms with E-state index in [-0.39, 0.29) is 5.54 Å². The van der Waals surface area contributed by atoms with Crippen LogP contribution in [-0.4, -0.2) is 15.6 Å². The summed E-state index contributed by atoms with van der Waals surface area (Å²) < 4.78 is 2.23. The molecule has 21 heavy (non-hydrogen) atoms. The smallest absolute Gasteiger partial charge is 0.105 e. The van der Waals surface area contributed by atoms with Gasteiger partial charge in [-0.25, -0.2) is 4.98 Å². The number of nitrogens with zero attached hydrogens (tertiary/aromatic N) is 2. The van der Waals surface area contributed by atoms with Crippen molar-refractivity contribution in [2.24, 2.45) is 0 Å². The largest absolute Gasteiger partial charge is 0.335 e. The van der Waals surface area contributed by atoms with Crippen LogP contribution >= 0.6 is 0 Å². The van der Waals surface area contributed by atoms with Crippen molar-refractivity contribution in [2.75, 3.05) is 0 Å². The number of benzene rings is 1. The monoisotopic (exact) mass is 283 g/mol. The maximum Gasteiger partial charge on any atom is 0.105 e. The normalized spacial score (nSPS) is 17.7. The number of aryl methyl sites for hydroxylation is 3. The number of nitrogens with one attached hydrogen (secondary N) is 1. The van der Waals surface area contributed by atoms with E-state index in [4.69, 9.17) is 0 Å². The van der Waals surface area contributed by atoms with E-state index in [1.165, 1.54) is 24.0 Å². The van der Waals surface area contributed by atoms with Gasteiger partial charge < -0.3 is 9.88 Å². The fourth-order valence-corrected chi connectivity index (χ4v) is 3.24. The Morgan fingerprint density at radius 3 is 2.67 bits per heavy atom. The first kappa shape index (κ1) is 14.3. The Hall–Kier alpha value is -1.61. The molecule has 0 spiro atoms. The van der Waals surface area contributed by atoms with Crippen molar-refractivity contribution in [3.05, 3.63) is 53.6 Å². The van der Waals surface area contributed by atoms with Crippen molar-refractivity contribution in [3.63, 3.8) is 0 Å². The van der Waals surface area contributed by atoms with E-state index in [2.05, 4.69) is 66.1 Å². The molecule has 3 heteroatoms. The molecule has 3 nitrogen and oxygen atoms in total. The molecule has 0 unspecified atom stereocenters. The minimum atomic E-state index is 0.231. The average Bonchev–Trinajstić information content (AvgIpc) is 3.11. The zero-order valence-electron chi connectivity index (χ0n) is 13.3. The molecule has 1 aromatic carbocycles. The third-order valence-corrected chi connectivity index (χ3v) is 4.66. The standard InChI is InChI=1S/C18H25N3/c1-14-6-4-5-7-17(14)18(9-10-18)20-15(2)8-12-21-13-11-19-16(21)3/h4-7,11,13,15,20H,8-10,12H2,1-3H3/t15-/m0/s1. The second-order valence-electron chi connectivity index (χ2n) is 6.40. The molecule has 1 aliphatic carbocycles. The fraction of sp³-hybridized carbons (Fsp3) is 0.500. The van der Waals surface area contributed by atoms with Gasteiger partial charge in [-0.15, -0.1) is 0 Å². The van der Waals surface area contributed by atoms with Crippen molar-refractivity contribution >= 4 is 0 Å². The first-order chi connectivity index (χ1) is 10.1. The van der Waals surface area contributed by atoms with Crippen LogP contribution in [0.3, 0.4) is 0 Å². The molecule has 1 N–H and O–H groups in total. The topological polar surface area (TPSA) is 29.9 Å². The summed E-state index contributed by atoms with van der Waals surface area (Å²) in [7, 11) is 0. The summed E-state index contributed by atoms with van der Waals surface area (Å²) in [4.78, 5) is 4.28. The molecule has 2 aromatic rings. The van der Waals surface area contributed by atoms with Gasteiger partial charge in [-0.2, -0.15) is 0 Å². The first-order valence-electron chi connectivity index (χ1n) is 7.92. The lowest BCUT2D eigenvalue weighted by atomic mass is 9.98. The maximum absolute atomic E-state index is 4.28. The minimum Gasteiger partial charge on any atom is -0.335 e. The van der Waals surface area contributed by atoms with Crippen LogP contribution in [0.25, 0.3) is 0 Å². The fourth-order valence-electron chi connectivity index (χ4n) is 3.24. The van der Waals surface area contributed by atoms with Crippen LogP contribution in [0.15, 0.2) is 36.7 Å². The van der Waals surface area contributed by atoms with Crippen LogP contribution < -0.4 is 5.32 Å². The van der Waals surface area contributed by atoms with Gasteiger partial charge in [0.2, 0.25) is 0 Å². The third-order valence-electron chi connectivity index (χ3n) is 4.66. The molecule has 1 fully saturated rings. The van der Waals surface area contributed by atoms with Gasteiger partial charge in [0.15, 0.2) is 0 Å². The van der Waals surface area contributed by atoms with Gasteiger partial charge in [0, 0.05) is 30.5 Å². The summed E-state index contributed by atoms with van der Waals surface area (Å²) in [5.41, 5.74) is 3.12. The van der Waals surface area contributed by atoms with E-state index in [0.29, 0.717) is 6.04 Å². The highest BCUT2D eigenvalue weighted by Crippen LogP contribution is 2.47. The summed E-state index contributed by atoms with van der Waals surface area (Å²) in [5, 5.41) is 3.87. The third kappa shape index (κ3) is 3.03. The molecule has 0 radical (unpaired) electrons. The van der Waals surface area contributed by atoms with E-state index >= 15 is 0 Å². The van der Waals surface area contributed by atoms with E-state index < -0.39 is 0 Å². The average molecular weight is 283 g/mol. The highest BCUT2D eigenvalue weighted by atomic mass is 15.1. The number of imidazole rings is 1. The molecule has 0 amide bonds. The lowest BCUT2D eigenvalue weighted by Gasteiger charge is -2.25. The van der Waals surface area contributed by atoms with Crippen LogP contribution in [0.1, 0.15) is 43.1 Å². The summed E-state index contributed by atoms with van der Waals surface area (Å²) in [6, 6.07) is 9.29. The molecular weight excluding hydrogens is 258 g/mol. The van der Waals surface area contributed by atoms with Crippen molar-refractivity contribution in [1.82, 2.24) is 14.9 Å². The number of hydrogen-bond donors (Lipinski definition) is 1. The van der Waals surface area contributed by atoms with Gasteiger partial charge in [-0.05, 0) is 51.2 Å². The predicted molar refractivity (Wildman–Crippen MR) is 86.3 cm³/mol. The molecule has 1 heterocycles. The van der Waals surface area contributed by atoms with Crippen molar-refractivity contribution < 1.29 is 0 Å². The lowest BCUT2D eigenvalue weighted by Crippen LogP contribution is -2.37. The molecule has 1 aromatic heterocycles. The van der Waals surface area contributed by atoms with Gasteiger partial charge in [0.05, 0.1) is 0 Å². The van der Waals surface area contributed by atoms with Gasteiger partial charge >= 0.3 is 0 Å². The molecule has 0 saturated heterocycles. The lowest BCUT2D eigenvalue weighted by molar-refractivity contribution is 0.400. The van der Waals surface area contributed by atoms with Gasteiger partial charge in [0.1, 0.15) is 5.82 Å². The number of aromatic nitrogens is 2. The van der Waals surface area contributed by atoms with Crippen LogP contribution in [0.2, 0.25) is 0 Å². The SMILES string of the molecule is Cc1ccccc1C1(N[C@@H](C)CCn2ccnc2C)CC1. The maximum atomic E-state index is 4.28. The van der Waals surface area contributed by atoms with E-state index in [1.54, 1.807) is 0 Å². The molecule has 3 rings (SSSR count). The summed E-state index contributed by atoms with van der Waals surface area (Å²) in [6.45, 7) is 7.61. The first-order valence-corrected chi connectivity index (χ1v) is 7.92. The van der Waals surface area contributed by atoms with Gasteiger partial charge in [-0.3, -0.25) is 0 Å². The van der Waals surface area contributed by atoms with E-state index in [9.17, 15) is 0 Å². The molecule has 1 atom stereocenters. The Morgan fingerprint density at radius 1 is 1.29 bits per heavy atom. The second kappa shape index (κ2) is 5.64. The minimum absolute atomic E-state index is 0.231. The molecule has 1 saturated carbocycles. The quantitative estimate of drug-likeness (QED) is 0.878. The summed E-state index contributed by atoms with van der Waals surface area (Å²) >= 11 is 0. The predicted octanol–water partition coefficient (Wildman–Crippen LogP) is 3.56. The molecular formula is C18H25N3. The van der Waals surface area contributed by atoms with E-state index in [0.717, 1.165) is 18.8 Å². The Morgan fingerprint density at radius 2 is 2.05 bits per heavy atom. The van der Waals surface area contributed by atoms with Gasteiger partial charge in [-0.1, -0.05) is 24.3 Å². The Labute approximate surface area is 127 Å². The molecule has 1 aliphatic rings. The number of hydrogen-bond acceptors (Lipinski definition) is 2. The van der Waals surface area contributed by atoms with Crippen LogP contribution in [0.4, 0.5) is 0 Å². The van der Waals surface area contributed by atoms with Crippen molar-refractivity contribution in [3.8, 4) is 0 Å². The molecule has 0 aliphatic heterocycles. The number of rotatable bonds is 6. The van der Waals surface area contributed by atoms with Crippen molar-refractivity contribution in [2.45, 2.75) is 58.2 Å². The molecule has 0 bridgehead atoms. The molecule has 112 valence electrons. The van der Waals surface area contributed by atoms with Crippen LogP contribution in [-0.2, 0) is 12.1 Å². The Bertz CT molecular complexity index is 610. The zero-order valence-corrected chi connectivity index (χ0v) is 13.3. The zero-order chi connectivity index (χ0) is 14.9. The Balaban J connectivity index is 1.61. The van der Waals surface area contributed by atoms with Gasteiger partial charge in [0.25, 0.3) is 0 Å². The van der Waals surface area contributed by atoms with Crippen LogP contribution in [0.5, 0.6) is 0 Å². The second-order valence-corrected chi connectivity index (χ2v) is 6.40. The summed E-state index contributed by atoms with van der Waals surface area (Å²) in [6.07, 6.45) is 7.59. The highest BCUT2D eigenvalue weighted by Gasteiger charge is 2.45.